The number of carbonyl (C=O) groups is 1. The van der Waals surface area contributed by atoms with Gasteiger partial charge in [-0.15, -0.1) is 0 Å². The van der Waals surface area contributed by atoms with Crippen molar-refractivity contribution in [2.45, 2.75) is 20.0 Å². The van der Waals surface area contributed by atoms with Crippen LogP contribution < -0.4 is 5.32 Å². The molecule has 4 rings (SSSR count). The first-order valence-electron chi connectivity index (χ1n) is 9.29. The van der Waals surface area contributed by atoms with Gasteiger partial charge in [0.25, 0.3) is 5.91 Å². The fraction of sp³-hybridized carbons (Fsp3) is 0.130. The number of halogens is 4. The molecule has 0 radical (unpaired) electrons. The Morgan fingerprint density at radius 3 is 2.58 bits per heavy atom. The number of alkyl halides is 3. The van der Waals surface area contributed by atoms with Gasteiger partial charge in [-0.2, -0.15) is 13.2 Å². The predicted octanol–water partition coefficient (Wildman–Crippen LogP) is 7.04. The van der Waals surface area contributed by atoms with E-state index in [2.05, 4.69) is 10.3 Å². The zero-order valence-electron chi connectivity index (χ0n) is 16.5. The molecule has 0 aliphatic carbocycles. The molecule has 0 saturated carbocycles. The van der Waals surface area contributed by atoms with Crippen molar-refractivity contribution in [1.82, 2.24) is 4.98 Å². The van der Waals surface area contributed by atoms with Crippen LogP contribution in [0.25, 0.3) is 22.6 Å². The molecule has 1 heterocycles. The molecule has 0 atom stereocenters. The Balaban J connectivity index is 1.66. The first-order chi connectivity index (χ1) is 14.6. The molecule has 4 nitrogen and oxygen atoms in total. The van der Waals surface area contributed by atoms with Gasteiger partial charge in [0.2, 0.25) is 5.89 Å². The average molecular weight is 445 g/mol. The molecule has 4 aromatic rings. The molecule has 8 heteroatoms. The summed E-state index contributed by atoms with van der Waals surface area (Å²) < 4.78 is 45.3. The quantitative estimate of drug-likeness (QED) is 0.369. The van der Waals surface area contributed by atoms with E-state index in [1.807, 2.05) is 0 Å². The van der Waals surface area contributed by atoms with E-state index in [0.717, 1.165) is 6.07 Å². The van der Waals surface area contributed by atoms with Crippen LogP contribution in [0.4, 0.5) is 18.9 Å². The summed E-state index contributed by atoms with van der Waals surface area (Å²) in [5.41, 5.74) is 2.04. The standard InChI is InChI=1S/C23H16ClF3N2O2/c1-12-6-7-14(10-17(12)23(25,26)27)21(30)28-18-5-3-4-16(13(18)2)22-29-19-11-15(24)8-9-20(19)31-22/h3-11H,1-2H3,(H,28,30). The average Bonchev–Trinajstić information content (AvgIpc) is 3.11. The molecule has 0 bridgehead atoms. The highest BCUT2D eigenvalue weighted by Crippen LogP contribution is 2.34. The highest BCUT2D eigenvalue weighted by molar-refractivity contribution is 6.31. The molecule has 1 aromatic heterocycles. The lowest BCUT2D eigenvalue weighted by Crippen LogP contribution is -2.15. The van der Waals surface area contributed by atoms with Crippen molar-refractivity contribution in [3.05, 3.63) is 81.9 Å². The summed E-state index contributed by atoms with van der Waals surface area (Å²) in [4.78, 5) is 17.1. The minimum absolute atomic E-state index is 0.0540. The number of anilines is 1. The van der Waals surface area contributed by atoms with E-state index in [4.69, 9.17) is 16.0 Å². The second kappa shape index (κ2) is 7.74. The molecule has 1 amide bonds. The fourth-order valence-corrected chi connectivity index (χ4v) is 3.45. The van der Waals surface area contributed by atoms with Gasteiger partial charge in [-0.05, 0) is 67.4 Å². The summed E-state index contributed by atoms with van der Waals surface area (Å²) >= 11 is 6.00. The fourth-order valence-electron chi connectivity index (χ4n) is 3.28. The molecular formula is C23H16ClF3N2O2. The lowest BCUT2D eigenvalue weighted by molar-refractivity contribution is -0.138. The van der Waals surface area contributed by atoms with Gasteiger partial charge >= 0.3 is 6.18 Å². The number of aromatic nitrogens is 1. The van der Waals surface area contributed by atoms with E-state index in [1.54, 1.807) is 43.3 Å². The van der Waals surface area contributed by atoms with Crippen LogP contribution in [0.2, 0.25) is 5.02 Å². The maximum Gasteiger partial charge on any atom is 0.416 e. The Morgan fingerprint density at radius 2 is 1.84 bits per heavy atom. The normalized spacial score (nSPS) is 11.7. The van der Waals surface area contributed by atoms with Crippen LogP contribution >= 0.6 is 11.6 Å². The van der Waals surface area contributed by atoms with Crippen molar-refractivity contribution in [3.63, 3.8) is 0 Å². The number of oxazole rings is 1. The molecule has 0 saturated heterocycles. The molecule has 31 heavy (non-hydrogen) atoms. The van der Waals surface area contributed by atoms with Crippen LogP contribution in [0, 0.1) is 13.8 Å². The number of benzene rings is 3. The molecule has 0 fully saturated rings. The number of fused-ring (bicyclic) bond motifs is 1. The molecule has 158 valence electrons. The van der Waals surface area contributed by atoms with Crippen LogP contribution in [-0.4, -0.2) is 10.9 Å². The molecule has 3 aromatic carbocycles. The Morgan fingerprint density at radius 1 is 1.06 bits per heavy atom. The minimum Gasteiger partial charge on any atom is -0.436 e. The number of aryl methyl sites for hydroxylation is 1. The van der Waals surface area contributed by atoms with Gasteiger partial charge in [0.05, 0.1) is 5.56 Å². The van der Waals surface area contributed by atoms with Crippen LogP contribution in [0.5, 0.6) is 0 Å². The highest BCUT2D eigenvalue weighted by Gasteiger charge is 2.33. The van der Waals surface area contributed by atoms with E-state index in [9.17, 15) is 18.0 Å². The van der Waals surface area contributed by atoms with Gasteiger partial charge in [0, 0.05) is 21.8 Å². The van der Waals surface area contributed by atoms with Gasteiger partial charge in [0.1, 0.15) is 5.52 Å². The third-order valence-electron chi connectivity index (χ3n) is 4.97. The van der Waals surface area contributed by atoms with E-state index in [1.165, 1.54) is 19.1 Å². The Labute approximate surface area is 180 Å². The van der Waals surface area contributed by atoms with E-state index < -0.39 is 17.6 Å². The van der Waals surface area contributed by atoms with Crippen LogP contribution in [0.3, 0.4) is 0 Å². The number of nitrogens with zero attached hydrogens (tertiary/aromatic N) is 1. The number of hydrogen-bond donors (Lipinski definition) is 1. The Kier molecular flexibility index (Phi) is 5.23. The minimum atomic E-state index is -4.54. The maximum atomic E-state index is 13.2. The van der Waals surface area contributed by atoms with Gasteiger partial charge in [0.15, 0.2) is 5.58 Å². The third-order valence-corrected chi connectivity index (χ3v) is 5.20. The van der Waals surface area contributed by atoms with E-state index in [-0.39, 0.29) is 11.1 Å². The van der Waals surface area contributed by atoms with Gasteiger partial charge in [-0.25, -0.2) is 4.98 Å². The zero-order valence-corrected chi connectivity index (χ0v) is 17.2. The second-order valence-corrected chi connectivity index (χ2v) is 7.53. The molecule has 0 unspecified atom stereocenters. The van der Waals surface area contributed by atoms with Gasteiger partial charge < -0.3 is 9.73 Å². The summed E-state index contributed by atoms with van der Waals surface area (Å²) in [7, 11) is 0. The van der Waals surface area contributed by atoms with E-state index in [0.29, 0.717) is 38.8 Å². The number of nitrogens with one attached hydrogen (secondary N) is 1. The van der Waals surface area contributed by atoms with Crippen LogP contribution in [0.1, 0.15) is 27.0 Å². The van der Waals surface area contributed by atoms with Crippen molar-refractivity contribution in [2.24, 2.45) is 0 Å². The highest BCUT2D eigenvalue weighted by atomic mass is 35.5. The smallest absolute Gasteiger partial charge is 0.416 e. The van der Waals surface area contributed by atoms with Crippen molar-refractivity contribution in [2.75, 3.05) is 5.32 Å². The van der Waals surface area contributed by atoms with E-state index >= 15 is 0 Å². The Bertz CT molecular complexity index is 1310. The first kappa shape index (κ1) is 20.9. The maximum absolute atomic E-state index is 13.2. The lowest BCUT2D eigenvalue weighted by atomic mass is 10.0. The number of amides is 1. The summed E-state index contributed by atoms with van der Waals surface area (Å²) in [6.07, 6.45) is -4.54. The summed E-state index contributed by atoms with van der Waals surface area (Å²) in [6.45, 7) is 3.12. The van der Waals surface area contributed by atoms with Gasteiger partial charge in [-0.3, -0.25) is 4.79 Å². The molecule has 0 aliphatic rings. The molecular weight excluding hydrogens is 429 g/mol. The molecule has 0 spiro atoms. The summed E-state index contributed by atoms with van der Waals surface area (Å²) in [5.74, 6) is -0.296. The van der Waals surface area contributed by atoms with Crippen molar-refractivity contribution in [3.8, 4) is 11.5 Å². The van der Waals surface area contributed by atoms with Crippen molar-refractivity contribution >= 4 is 34.3 Å². The van der Waals surface area contributed by atoms with Gasteiger partial charge in [-0.1, -0.05) is 23.7 Å². The third kappa shape index (κ3) is 4.14. The largest absolute Gasteiger partial charge is 0.436 e. The first-order valence-corrected chi connectivity index (χ1v) is 9.66. The molecule has 1 N–H and O–H groups in total. The topological polar surface area (TPSA) is 55.1 Å². The lowest BCUT2D eigenvalue weighted by Gasteiger charge is -2.14. The van der Waals surface area contributed by atoms with Crippen molar-refractivity contribution in [1.29, 1.82) is 0 Å². The predicted molar refractivity (Wildman–Crippen MR) is 113 cm³/mol. The number of rotatable bonds is 3. The Hall–Kier alpha value is -3.32. The summed E-state index contributed by atoms with van der Waals surface area (Å²) in [5, 5.41) is 3.21. The van der Waals surface area contributed by atoms with Crippen LogP contribution in [-0.2, 0) is 6.18 Å². The number of carbonyl (C=O) groups excluding carboxylic acids is 1. The SMILES string of the molecule is Cc1ccc(C(=O)Nc2cccc(-c3nc4cc(Cl)ccc4o3)c2C)cc1C(F)(F)F. The second-order valence-electron chi connectivity index (χ2n) is 7.09. The summed E-state index contributed by atoms with van der Waals surface area (Å²) in [6, 6.07) is 13.7. The van der Waals surface area contributed by atoms with Crippen LogP contribution in [0.15, 0.2) is 59.0 Å². The van der Waals surface area contributed by atoms with Crippen molar-refractivity contribution < 1.29 is 22.4 Å². The zero-order chi connectivity index (χ0) is 22.3. The number of hydrogen-bond acceptors (Lipinski definition) is 3. The molecule has 0 aliphatic heterocycles. The monoisotopic (exact) mass is 444 g/mol.